The van der Waals surface area contributed by atoms with E-state index in [1.165, 1.54) is 0 Å². The third-order valence-electron chi connectivity index (χ3n) is 3.53. The number of benzene rings is 2. The van der Waals surface area contributed by atoms with Gasteiger partial charge < -0.3 is 16.2 Å². The lowest BCUT2D eigenvalue weighted by Crippen LogP contribution is -2.50. The Hall–Kier alpha value is -2.66. The Morgan fingerprint density at radius 3 is 1.87 bits per heavy atom. The topological polar surface area (TPSA) is 92.4 Å². The molecule has 120 valence electrons. The van der Waals surface area contributed by atoms with E-state index in [2.05, 4.69) is 5.32 Å². The van der Waals surface area contributed by atoms with Crippen molar-refractivity contribution in [2.75, 3.05) is 0 Å². The average molecular weight is 312 g/mol. The van der Waals surface area contributed by atoms with Crippen LogP contribution in [0.15, 0.2) is 60.7 Å². The van der Waals surface area contributed by atoms with Crippen LogP contribution < -0.4 is 11.1 Å². The van der Waals surface area contributed by atoms with Crippen LogP contribution in [-0.4, -0.2) is 29.1 Å². The lowest BCUT2D eigenvalue weighted by atomic mass is 10.0. The molecule has 2 aromatic carbocycles. The number of rotatable bonds is 7. The maximum absolute atomic E-state index is 12.2. The van der Waals surface area contributed by atoms with Gasteiger partial charge in [0.25, 0.3) is 0 Å². The van der Waals surface area contributed by atoms with Gasteiger partial charge in [0.05, 0.1) is 6.04 Å². The monoisotopic (exact) mass is 312 g/mol. The number of nitrogens with one attached hydrogen (secondary N) is 1. The minimum Gasteiger partial charge on any atom is -0.480 e. The third-order valence-corrected chi connectivity index (χ3v) is 3.53. The lowest BCUT2D eigenvalue weighted by molar-refractivity contribution is -0.141. The minimum absolute atomic E-state index is 0.222. The van der Waals surface area contributed by atoms with Crippen LogP contribution in [0.25, 0.3) is 0 Å². The van der Waals surface area contributed by atoms with Gasteiger partial charge in [0, 0.05) is 6.42 Å². The van der Waals surface area contributed by atoms with Crippen LogP contribution in [0.5, 0.6) is 0 Å². The van der Waals surface area contributed by atoms with Crippen molar-refractivity contribution >= 4 is 11.9 Å². The van der Waals surface area contributed by atoms with Crippen LogP contribution in [0.3, 0.4) is 0 Å². The van der Waals surface area contributed by atoms with E-state index >= 15 is 0 Å². The molecule has 2 rings (SSSR count). The standard InChI is InChI=1S/C18H20N2O3/c19-15(11-13-7-3-1-4-8-13)17(21)20-16(18(22)23)12-14-9-5-2-6-10-14/h1-10,15-16H,11-12,19H2,(H,20,21)(H,22,23)/t15?,16-/m0/s1. The van der Waals surface area contributed by atoms with E-state index in [1.807, 2.05) is 60.7 Å². The first-order valence-electron chi connectivity index (χ1n) is 7.43. The SMILES string of the molecule is NC(Cc1ccccc1)C(=O)N[C@@H](Cc1ccccc1)C(=O)O. The van der Waals surface area contributed by atoms with Gasteiger partial charge in [-0.2, -0.15) is 0 Å². The number of amides is 1. The quantitative estimate of drug-likeness (QED) is 0.720. The maximum Gasteiger partial charge on any atom is 0.326 e. The van der Waals surface area contributed by atoms with E-state index in [0.717, 1.165) is 11.1 Å². The first kappa shape index (κ1) is 16.7. The molecule has 0 saturated heterocycles. The molecule has 0 fully saturated rings. The normalized spacial score (nSPS) is 13.1. The molecule has 1 amide bonds. The summed E-state index contributed by atoms with van der Waals surface area (Å²) in [5.41, 5.74) is 7.67. The Bertz CT molecular complexity index is 644. The summed E-state index contributed by atoms with van der Waals surface area (Å²) in [5, 5.41) is 11.8. The summed E-state index contributed by atoms with van der Waals surface area (Å²) in [6.07, 6.45) is 0.588. The Labute approximate surface area is 135 Å². The van der Waals surface area contributed by atoms with Crippen molar-refractivity contribution in [1.29, 1.82) is 0 Å². The fourth-order valence-corrected chi connectivity index (χ4v) is 2.29. The molecular weight excluding hydrogens is 292 g/mol. The van der Waals surface area contributed by atoms with Crippen molar-refractivity contribution in [1.82, 2.24) is 5.32 Å². The van der Waals surface area contributed by atoms with E-state index in [1.54, 1.807) is 0 Å². The summed E-state index contributed by atoms with van der Waals surface area (Å²) in [5.74, 6) is -1.54. The summed E-state index contributed by atoms with van der Waals surface area (Å²) in [7, 11) is 0. The Morgan fingerprint density at radius 1 is 0.913 bits per heavy atom. The van der Waals surface area contributed by atoms with E-state index in [0.29, 0.717) is 6.42 Å². The van der Waals surface area contributed by atoms with Gasteiger partial charge in [-0.3, -0.25) is 4.79 Å². The highest BCUT2D eigenvalue weighted by Crippen LogP contribution is 2.05. The molecule has 0 saturated carbocycles. The molecule has 0 aliphatic carbocycles. The number of carboxylic acid groups (broad SMARTS) is 1. The predicted molar refractivity (Wildman–Crippen MR) is 87.8 cm³/mol. The molecule has 1 unspecified atom stereocenters. The highest BCUT2D eigenvalue weighted by atomic mass is 16.4. The van der Waals surface area contributed by atoms with E-state index in [-0.39, 0.29) is 6.42 Å². The molecule has 0 heterocycles. The van der Waals surface area contributed by atoms with Crippen LogP contribution >= 0.6 is 0 Å². The van der Waals surface area contributed by atoms with Crippen molar-refractivity contribution in [2.45, 2.75) is 24.9 Å². The van der Waals surface area contributed by atoms with E-state index in [9.17, 15) is 14.7 Å². The minimum atomic E-state index is -1.07. The molecule has 2 atom stereocenters. The fraction of sp³-hybridized carbons (Fsp3) is 0.222. The fourth-order valence-electron chi connectivity index (χ4n) is 2.29. The molecule has 2 aromatic rings. The Kier molecular flexibility index (Phi) is 5.88. The molecule has 0 aromatic heterocycles. The van der Waals surface area contributed by atoms with Crippen LogP contribution in [0.2, 0.25) is 0 Å². The highest BCUT2D eigenvalue weighted by Gasteiger charge is 2.23. The van der Waals surface area contributed by atoms with E-state index < -0.39 is 24.0 Å². The Morgan fingerprint density at radius 2 is 1.39 bits per heavy atom. The molecule has 5 nitrogen and oxygen atoms in total. The number of aliphatic carboxylic acids is 1. The van der Waals surface area contributed by atoms with Crippen molar-refractivity contribution in [3.05, 3.63) is 71.8 Å². The summed E-state index contributed by atoms with van der Waals surface area (Å²) < 4.78 is 0. The highest BCUT2D eigenvalue weighted by molar-refractivity contribution is 5.87. The van der Waals surface area contributed by atoms with Gasteiger partial charge in [-0.1, -0.05) is 60.7 Å². The number of hydrogen-bond acceptors (Lipinski definition) is 3. The first-order valence-corrected chi connectivity index (χ1v) is 7.43. The van der Waals surface area contributed by atoms with Crippen molar-refractivity contribution in [2.24, 2.45) is 5.73 Å². The zero-order chi connectivity index (χ0) is 16.7. The molecule has 0 radical (unpaired) electrons. The maximum atomic E-state index is 12.2. The number of nitrogens with two attached hydrogens (primary N) is 1. The van der Waals surface area contributed by atoms with Gasteiger partial charge in [-0.05, 0) is 17.5 Å². The van der Waals surface area contributed by atoms with Gasteiger partial charge in [0.1, 0.15) is 6.04 Å². The van der Waals surface area contributed by atoms with Crippen LogP contribution in [0.1, 0.15) is 11.1 Å². The molecule has 5 heteroatoms. The zero-order valence-electron chi connectivity index (χ0n) is 12.7. The smallest absolute Gasteiger partial charge is 0.326 e. The molecule has 0 bridgehead atoms. The van der Waals surface area contributed by atoms with Crippen molar-refractivity contribution < 1.29 is 14.7 Å². The zero-order valence-corrected chi connectivity index (χ0v) is 12.7. The largest absolute Gasteiger partial charge is 0.480 e. The Balaban J connectivity index is 1.96. The number of carboxylic acids is 1. The van der Waals surface area contributed by atoms with Crippen molar-refractivity contribution in [3.8, 4) is 0 Å². The van der Waals surface area contributed by atoms with Gasteiger partial charge in [0.2, 0.25) is 5.91 Å². The molecule has 0 aliphatic rings. The van der Waals surface area contributed by atoms with Gasteiger partial charge in [-0.25, -0.2) is 4.79 Å². The van der Waals surface area contributed by atoms with Gasteiger partial charge >= 0.3 is 5.97 Å². The number of carbonyl (C=O) groups excluding carboxylic acids is 1. The molecule has 4 N–H and O–H groups in total. The summed E-state index contributed by atoms with van der Waals surface area (Å²) in [4.78, 5) is 23.5. The molecular formula is C18H20N2O3. The van der Waals surface area contributed by atoms with Crippen molar-refractivity contribution in [3.63, 3.8) is 0 Å². The second-order valence-electron chi connectivity index (χ2n) is 5.39. The summed E-state index contributed by atoms with van der Waals surface area (Å²) >= 11 is 0. The molecule has 0 aliphatic heterocycles. The molecule has 23 heavy (non-hydrogen) atoms. The summed E-state index contributed by atoms with van der Waals surface area (Å²) in [6.45, 7) is 0. The van der Waals surface area contributed by atoms with Crippen LogP contribution in [0, 0.1) is 0 Å². The van der Waals surface area contributed by atoms with Gasteiger partial charge in [-0.15, -0.1) is 0 Å². The number of carbonyl (C=O) groups is 2. The average Bonchev–Trinajstić information content (AvgIpc) is 2.56. The van der Waals surface area contributed by atoms with Crippen LogP contribution in [-0.2, 0) is 22.4 Å². The second kappa shape index (κ2) is 8.10. The summed E-state index contributed by atoms with van der Waals surface area (Å²) in [6, 6.07) is 16.8. The van der Waals surface area contributed by atoms with Crippen LogP contribution in [0.4, 0.5) is 0 Å². The van der Waals surface area contributed by atoms with Gasteiger partial charge in [0.15, 0.2) is 0 Å². The second-order valence-corrected chi connectivity index (χ2v) is 5.39. The van der Waals surface area contributed by atoms with E-state index in [4.69, 9.17) is 5.73 Å². The first-order chi connectivity index (χ1) is 11.1. The third kappa shape index (κ3) is 5.23. The molecule has 0 spiro atoms. The number of hydrogen-bond donors (Lipinski definition) is 3. The lowest BCUT2D eigenvalue weighted by Gasteiger charge is -2.18. The predicted octanol–water partition coefficient (Wildman–Crippen LogP) is 1.37.